The molecule has 0 spiro atoms. The number of benzene rings is 1. The SMILES string of the molecule is CN(Cc1ccc(F)c(F)c1)C(=O)c1c[nH]ccc1=O. The van der Waals surface area contributed by atoms with Crippen molar-refractivity contribution in [3.63, 3.8) is 0 Å². The van der Waals surface area contributed by atoms with Crippen molar-refractivity contribution in [2.45, 2.75) is 6.54 Å². The Kier molecular flexibility index (Phi) is 3.93. The summed E-state index contributed by atoms with van der Waals surface area (Å²) < 4.78 is 25.9. The van der Waals surface area contributed by atoms with E-state index in [0.717, 1.165) is 12.1 Å². The second kappa shape index (κ2) is 5.64. The zero-order chi connectivity index (χ0) is 14.7. The number of hydrogen-bond donors (Lipinski definition) is 1. The minimum atomic E-state index is -0.971. The van der Waals surface area contributed by atoms with Crippen molar-refractivity contribution in [3.8, 4) is 0 Å². The molecule has 0 saturated heterocycles. The summed E-state index contributed by atoms with van der Waals surface area (Å²) in [4.78, 5) is 27.5. The van der Waals surface area contributed by atoms with Gasteiger partial charge in [0.15, 0.2) is 17.1 Å². The maximum atomic E-state index is 13.1. The van der Waals surface area contributed by atoms with Gasteiger partial charge < -0.3 is 9.88 Å². The minimum Gasteiger partial charge on any atom is -0.367 e. The number of amides is 1. The number of rotatable bonds is 3. The van der Waals surface area contributed by atoms with Gasteiger partial charge in [0.1, 0.15) is 5.56 Å². The molecule has 1 amide bonds. The van der Waals surface area contributed by atoms with Crippen molar-refractivity contribution >= 4 is 5.91 Å². The normalized spacial score (nSPS) is 10.3. The highest BCUT2D eigenvalue weighted by molar-refractivity contribution is 5.93. The fourth-order valence-electron chi connectivity index (χ4n) is 1.77. The molecule has 2 aromatic rings. The maximum absolute atomic E-state index is 13.1. The lowest BCUT2D eigenvalue weighted by Crippen LogP contribution is -2.30. The highest BCUT2D eigenvalue weighted by Gasteiger charge is 2.15. The van der Waals surface area contributed by atoms with Crippen molar-refractivity contribution in [2.75, 3.05) is 7.05 Å². The quantitative estimate of drug-likeness (QED) is 0.932. The lowest BCUT2D eigenvalue weighted by molar-refractivity contribution is 0.0783. The number of halogens is 2. The molecule has 2 rings (SSSR count). The van der Waals surface area contributed by atoms with Gasteiger partial charge in [-0.1, -0.05) is 6.07 Å². The molecule has 1 heterocycles. The molecular weight excluding hydrogens is 266 g/mol. The van der Waals surface area contributed by atoms with E-state index < -0.39 is 23.0 Å². The first-order chi connectivity index (χ1) is 9.49. The van der Waals surface area contributed by atoms with Crippen LogP contribution in [0.3, 0.4) is 0 Å². The summed E-state index contributed by atoms with van der Waals surface area (Å²) in [7, 11) is 1.48. The van der Waals surface area contributed by atoms with Crippen LogP contribution < -0.4 is 5.43 Å². The maximum Gasteiger partial charge on any atom is 0.259 e. The fraction of sp³-hybridized carbons (Fsp3) is 0.143. The zero-order valence-electron chi connectivity index (χ0n) is 10.7. The van der Waals surface area contributed by atoms with Crippen LogP contribution in [-0.4, -0.2) is 22.8 Å². The molecule has 0 saturated carbocycles. The van der Waals surface area contributed by atoms with Gasteiger partial charge in [0.05, 0.1) is 0 Å². The summed E-state index contributed by atoms with van der Waals surface area (Å²) in [6.07, 6.45) is 2.74. The van der Waals surface area contributed by atoms with Crippen LogP contribution in [0.2, 0.25) is 0 Å². The molecule has 20 heavy (non-hydrogen) atoms. The molecular formula is C14H12F2N2O2. The Hall–Kier alpha value is -2.50. The van der Waals surface area contributed by atoms with Crippen LogP contribution in [0.15, 0.2) is 41.5 Å². The number of hydrogen-bond acceptors (Lipinski definition) is 2. The van der Waals surface area contributed by atoms with E-state index in [9.17, 15) is 18.4 Å². The highest BCUT2D eigenvalue weighted by Crippen LogP contribution is 2.11. The second-order valence-corrected chi connectivity index (χ2v) is 4.33. The molecule has 0 aliphatic carbocycles. The number of pyridine rings is 1. The Bertz CT molecular complexity index is 698. The molecule has 4 nitrogen and oxygen atoms in total. The van der Waals surface area contributed by atoms with E-state index in [1.165, 1.54) is 36.5 Å². The molecule has 0 aliphatic heterocycles. The highest BCUT2D eigenvalue weighted by atomic mass is 19.2. The first kappa shape index (κ1) is 13.9. The lowest BCUT2D eigenvalue weighted by Gasteiger charge is -2.17. The monoisotopic (exact) mass is 278 g/mol. The summed E-state index contributed by atoms with van der Waals surface area (Å²) in [5, 5.41) is 0. The van der Waals surface area contributed by atoms with Crippen LogP contribution in [0.1, 0.15) is 15.9 Å². The van der Waals surface area contributed by atoms with E-state index in [2.05, 4.69) is 4.98 Å². The number of carbonyl (C=O) groups excluding carboxylic acids is 1. The molecule has 0 fully saturated rings. The van der Waals surface area contributed by atoms with Crippen LogP contribution in [0.4, 0.5) is 8.78 Å². The predicted octanol–water partition coefficient (Wildman–Crippen LogP) is 1.93. The zero-order valence-corrected chi connectivity index (χ0v) is 10.7. The van der Waals surface area contributed by atoms with Crippen molar-refractivity contribution in [1.82, 2.24) is 9.88 Å². The third-order valence-electron chi connectivity index (χ3n) is 2.80. The van der Waals surface area contributed by atoms with Crippen LogP contribution in [0.5, 0.6) is 0 Å². The predicted molar refractivity (Wildman–Crippen MR) is 69.2 cm³/mol. The first-order valence-electron chi connectivity index (χ1n) is 5.85. The Morgan fingerprint density at radius 2 is 2.00 bits per heavy atom. The number of nitrogens with one attached hydrogen (secondary N) is 1. The summed E-state index contributed by atoms with van der Waals surface area (Å²) in [6, 6.07) is 4.66. The van der Waals surface area contributed by atoms with Gasteiger partial charge in [-0.05, 0) is 17.7 Å². The molecule has 1 aromatic heterocycles. The van der Waals surface area contributed by atoms with Crippen molar-refractivity contribution in [1.29, 1.82) is 0 Å². The van der Waals surface area contributed by atoms with Crippen LogP contribution in [0.25, 0.3) is 0 Å². The third kappa shape index (κ3) is 2.90. The Labute approximate surface area is 113 Å². The average molecular weight is 278 g/mol. The molecule has 6 heteroatoms. The van der Waals surface area contributed by atoms with E-state index in [1.807, 2.05) is 0 Å². The molecule has 104 valence electrons. The smallest absolute Gasteiger partial charge is 0.259 e. The molecule has 0 bridgehead atoms. The number of aromatic amines is 1. The van der Waals surface area contributed by atoms with Gasteiger partial charge in [-0.3, -0.25) is 9.59 Å². The van der Waals surface area contributed by atoms with Gasteiger partial charge in [0, 0.05) is 32.1 Å². The summed E-state index contributed by atoms with van der Waals surface area (Å²) >= 11 is 0. The van der Waals surface area contributed by atoms with E-state index >= 15 is 0 Å². The first-order valence-corrected chi connectivity index (χ1v) is 5.85. The van der Waals surface area contributed by atoms with Crippen molar-refractivity contribution in [2.24, 2.45) is 0 Å². The van der Waals surface area contributed by atoms with Crippen molar-refractivity contribution < 1.29 is 13.6 Å². The van der Waals surface area contributed by atoms with Crippen LogP contribution in [0, 0.1) is 11.6 Å². The molecule has 1 aromatic carbocycles. The number of aromatic nitrogens is 1. The Balaban J connectivity index is 2.18. The van der Waals surface area contributed by atoms with Gasteiger partial charge in [-0.2, -0.15) is 0 Å². The Morgan fingerprint density at radius 1 is 1.25 bits per heavy atom. The standard InChI is InChI=1S/C14H12F2N2O2/c1-18(8-9-2-3-11(15)12(16)6-9)14(20)10-7-17-5-4-13(10)19/h2-7H,8H2,1H3,(H,17,19). The summed E-state index contributed by atoms with van der Waals surface area (Å²) in [5.74, 6) is -2.40. The largest absolute Gasteiger partial charge is 0.367 e. The van der Waals surface area contributed by atoms with E-state index in [1.54, 1.807) is 0 Å². The summed E-state index contributed by atoms with van der Waals surface area (Å²) in [5.41, 5.74) is 0.0376. The molecule has 0 aliphatic rings. The lowest BCUT2D eigenvalue weighted by atomic mass is 10.2. The topological polar surface area (TPSA) is 53.2 Å². The van der Waals surface area contributed by atoms with E-state index in [4.69, 9.17) is 0 Å². The van der Waals surface area contributed by atoms with Gasteiger partial charge in [-0.25, -0.2) is 8.78 Å². The molecule has 1 N–H and O–H groups in total. The van der Waals surface area contributed by atoms with Gasteiger partial charge in [0.25, 0.3) is 5.91 Å². The van der Waals surface area contributed by atoms with E-state index in [0.29, 0.717) is 5.56 Å². The molecule has 0 radical (unpaired) electrons. The van der Waals surface area contributed by atoms with Crippen LogP contribution >= 0.6 is 0 Å². The third-order valence-corrected chi connectivity index (χ3v) is 2.80. The minimum absolute atomic E-state index is 0.00224. The van der Waals surface area contributed by atoms with E-state index in [-0.39, 0.29) is 12.1 Å². The second-order valence-electron chi connectivity index (χ2n) is 4.33. The number of H-pyrrole nitrogens is 1. The number of nitrogens with zero attached hydrogens (tertiary/aromatic N) is 1. The summed E-state index contributed by atoms with van der Waals surface area (Å²) in [6.45, 7) is 0.0738. The van der Waals surface area contributed by atoms with Gasteiger partial charge >= 0.3 is 0 Å². The Morgan fingerprint density at radius 3 is 2.65 bits per heavy atom. The van der Waals surface area contributed by atoms with Gasteiger partial charge in [0.2, 0.25) is 0 Å². The van der Waals surface area contributed by atoms with Crippen LogP contribution in [-0.2, 0) is 6.54 Å². The molecule has 0 atom stereocenters. The number of carbonyl (C=O) groups is 1. The fourth-order valence-corrected chi connectivity index (χ4v) is 1.77. The van der Waals surface area contributed by atoms with Gasteiger partial charge in [-0.15, -0.1) is 0 Å². The molecule has 0 unspecified atom stereocenters. The van der Waals surface area contributed by atoms with Crippen molar-refractivity contribution in [3.05, 3.63) is 69.6 Å². The average Bonchev–Trinajstić information content (AvgIpc) is 2.42.